The third kappa shape index (κ3) is 6.53. The van der Waals surface area contributed by atoms with Gasteiger partial charge in [0.15, 0.2) is 5.16 Å². The summed E-state index contributed by atoms with van der Waals surface area (Å²) in [6.45, 7) is 5.23. The lowest BCUT2D eigenvalue weighted by Gasteiger charge is -2.33. The van der Waals surface area contributed by atoms with Crippen molar-refractivity contribution in [2.75, 3.05) is 30.9 Å². The number of nitrogens with one attached hydrogen (secondary N) is 3. The smallest absolute Gasteiger partial charge is 0.293 e. The molecule has 0 aromatic carbocycles. The van der Waals surface area contributed by atoms with Crippen molar-refractivity contribution < 1.29 is 14.4 Å². The van der Waals surface area contributed by atoms with Crippen LogP contribution in [0.15, 0.2) is 11.2 Å². The number of aromatic nitrogens is 3. The van der Waals surface area contributed by atoms with Gasteiger partial charge in [-0.2, -0.15) is 0 Å². The number of hydrogen-bond donors (Lipinski definition) is 3. The first kappa shape index (κ1) is 25.6. The van der Waals surface area contributed by atoms with Gasteiger partial charge in [-0.25, -0.2) is 15.4 Å². The molecule has 0 radical (unpaired) electrons. The van der Waals surface area contributed by atoms with Crippen molar-refractivity contribution in [1.29, 1.82) is 0 Å². The second-order valence-corrected chi connectivity index (χ2v) is 9.54. The van der Waals surface area contributed by atoms with Crippen molar-refractivity contribution in [2.45, 2.75) is 50.7 Å². The Hall–Kier alpha value is -2.01. The highest BCUT2D eigenvalue weighted by Gasteiger charge is 2.26. The van der Waals surface area contributed by atoms with E-state index in [1.165, 1.54) is 18.9 Å². The van der Waals surface area contributed by atoms with Crippen LogP contribution in [-0.2, 0) is 4.84 Å². The number of carbonyl (C=O) groups excluding carboxylic acids is 2. The average molecular weight is 515 g/mol. The SMILES string of the molecule is CCCCSc1nc(C(=O)NOC)cc(N2CCC(NC(=O)c3[nH]c(C)c(Cl)c3Cl)CC2)n1. The van der Waals surface area contributed by atoms with Gasteiger partial charge in [-0.15, -0.1) is 0 Å². The van der Waals surface area contributed by atoms with Gasteiger partial charge in [0.25, 0.3) is 11.8 Å². The Labute approximate surface area is 207 Å². The second-order valence-electron chi connectivity index (χ2n) is 7.72. The molecule has 2 aromatic rings. The Balaban J connectivity index is 1.66. The molecule has 0 bridgehead atoms. The molecule has 3 N–H and O–H groups in total. The second kappa shape index (κ2) is 11.9. The monoisotopic (exact) mass is 514 g/mol. The molecule has 0 saturated carbocycles. The van der Waals surface area contributed by atoms with Gasteiger partial charge in [-0.05, 0) is 26.2 Å². The van der Waals surface area contributed by atoms with E-state index in [1.54, 1.807) is 13.0 Å². The fourth-order valence-corrected chi connectivity index (χ4v) is 4.80. The molecule has 0 aliphatic carbocycles. The maximum Gasteiger partial charge on any atom is 0.293 e. The number of unbranched alkanes of at least 4 members (excludes halogenated alkanes) is 1. The molecular weight excluding hydrogens is 487 g/mol. The molecule has 2 amide bonds. The minimum Gasteiger partial charge on any atom is -0.356 e. The number of aromatic amines is 1. The minimum absolute atomic E-state index is 0.0105. The van der Waals surface area contributed by atoms with Crippen LogP contribution in [0.3, 0.4) is 0 Å². The van der Waals surface area contributed by atoms with Crippen LogP contribution in [0, 0.1) is 6.92 Å². The molecule has 1 saturated heterocycles. The summed E-state index contributed by atoms with van der Waals surface area (Å²) >= 11 is 13.8. The van der Waals surface area contributed by atoms with Crippen LogP contribution in [0.5, 0.6) is 0 Å². The van der Waals surface area contributed by atoms with Crippen molar-refractivity contribution in [3.8, 4) is 0 Å². The molecule has 9 nitrogen and oxygen atoms in total. The minimum atomic E-state index is -0.419. The highest BCUT2D eigenvalue weighted by atomic mass is 35.5. The molecule has 12 heteroatoms. The molecule has 3 rings (SSSR count). The van der Waals surface area contributed by atoms with Gasteiger partial charge in [0.1, 0.15) is 17.2 Å². The molecule has 0 unspecified atom stereocenters. The van der Waals surface area contributed by atoms with E-state index in [1.807, 2.05) is 0 Å². The molecule has 0 atom stereocenters. The number of anilines is 1. The van der Waals surface area contributed by atoms with Gasteiger partial charge >= 0.3 is 0 Å². The van der Waals surface area contributed by atoms with Crippen LogP contribution in [0.25, 0.3) is 0 Å². The van der Waals surface area contributed by atoms with Gasteiger partial charge < -0.3 is 15.2 Å². The highest BCUT2D eigenvalue weighted by Crippen LogP contribution is 2.29. The Bertz CT molecular complexity index is 995. The van der Waals surface area contributed by atoms with Crippen molar-refractivity contribution in [1.82, 2.24) is 25.7 Å². The Morgan fingerprint density at radius 3 is 2.58 bits per heavy atom. The molecule has 1 aliphatic rings. The van der Waals surface area contributed by atoms with Gasteiger partial charge in [0.2, 0.25) is 0 Å². The summed E-state index contributed by atoms with van der Waals surface area (Å²) in [4.78, 5) is 43.7. The molecule has 1 fully saturated rings. The number of halogens is 2. The van der Waals surface area contributed by atoms with E-state index < -0.39 is 5.91 Å². The van der Waals surface area contributed by atoms with E-state index >= 15 is 0 Å². The first-order chi connectivity index (χ1) is 15.8. The quantitative estimate of drug-likeness (QED) is 0.200. The van der Waals surface area contributed by atoms with Crippen molar-refractivity contribution >= 4 is 52.6 Å². The van der Waals surface area contributed by atoms with E-state index in [0.29, 0.717) is 34.8 Å². The van der Waals surface area contributed by atoms with Crippen LogP contribution in [-0.4, -0.2) is 58.8 Å². The van der Waals surface area contributed by atoms with Crippen molar-refractivity contribution in [3.05, 3.63) is 33.2 Å². The number of rotatable bonds is 9. The van der Waals surface area contributed by atoms with E-state index in [2.05, 4.69) is 37.6 Å². The number of aryl methyl sites for hydroxylation is 1. The predicted octanol–water partition coefficient (Wildman–Crippen LogP) is 4.00. The first-order valence-corrected chi connectivity index (χ1v) is 12.5. The number of H-pyrrole nitrogens is 1. The lowest BCUT2D eigenvalue weighted by atomic mass is 10.0. The van der Waals surface area contributed by atoms with Gasteiger partial charge in [0.05, 0.1) is 17.2 Å². The maximum atomic E-state index is 12.6. The van der Waals surface area contributed by atoms with Crippen molar-refractivity contribution in [2.24, 2.45) is 0 Å². The Kier molecular flexibility index (Phi) is 9.25. The normalized spacial score (nSPS) is 14.4. The zero-order chi connectivity index (χ0) is 24.0. The van der Waals surface area contributed by atoms with E-state index in [9.17, 15) is 9.59 Å². The summed E-state index contributed by atoms with van der Waals surface area (Å²) in [5.74, 6) is 0.871. The number of nitrogens with zero attached hydrogens (tertiary/aromatic N) is 3. The number of hydroxylamine groups is 1. The van der Waals surface area contributed by atoms with Gasteiger partial charge in [-0.3, -0.25) is 14.4 Å². The number of piperidine rings is 1. The molecule has 2 aromatic heterocycles. The molecule has 0 spiro atoms. The fourth-order valence-electron chi connectivity index (χ4n) is 3.45. The third-order valence-corrected chi connectivity index (χ3v) is 7.16. The number of amides is 2. The molecule has 1 aliphatic heterocycles. The van der Waals surface area contributed by atoms with Gasteiger partial charge in [0, 0.05) is 36.6 Å². The number of carbonyl (C=O) groups is 2. The maximum absolute atomic E-state index is 12.6. The molecule has 180 valence electrons. The van der Waals surface area contributed by atoms with Gasteiger partial charge in [-0.1, -0.05) is 48.3 Å². The lowest BCUT2D eigenvalue weighted by molar-refractivity contribution is 0.0531. The zero-order valence-corrected chi connectivity index (χ0v) is 21.2. The third-order valence-electron chi connectivity index (χ3n) is 5.28. The standard InChI is InChI=1S/C21H28Cl2N6O3S/c1-4-5-10-33-21-26-14(19(30)28-32-3)11-15(27-21)29-8-6-13(7-9-29)25-20(31)18-17(23)16(22)12(2)24-18/h11,13,24H,4-10H2,1-3H3,(H,25,31)(H,28,30). The Morgan fingerprint density at radius 1 is 1.24 bits per heavy atom. The van der Waals surface area contributed by atoms with Crippen molar-refractivity contribution in [3.63, 3.8) is 0 Å². The van der Waals surface area contributed by atoms with Crippen LogP contribution >= 0.6 is 35.0 Å². The van der Waals surface area contributed by atoms with E-state index in [-0.39, 0.29) is 28.4 Å². The van der Waals surface area contributed by atoms with Crippen LogP contribution < -0.4 is 15.7 Å². The summed E-state index contributed by atoms with van der Waals surface area (Å²) in [5, 5.41) is 4.18. The number of hydrogen-bond acceptors (Lipinski definition) is 7. The van der Waals surface area contributed by atoms with Crippen LogP contribution in [0.1, 0.15) is 59.3 Å². The summed E-state index contributed by atoms with van der Waals surface area (Å²) in [5.41, 5.74) is 3.50. The van der Waals surface area contributed by atoms with Crippen LogP contribution in [0.2, 0.25) is 10.0 Å². The summed E-state index contributed by atoms with van der Waals surface area (Å²) < 4.78 is 0. The van der Waals surface area contributed by atoms with Crippen LogP contribution in [0.4, 0.5) is 5.82 Å². The summed E-state index contributed by atoms with van der Waals surface area (Å²) in [6, 6.07) is 1.66. The first-order valence-electron chi connectivity index (χ1n) is 10.8. The lowest BCUT2D eigenvalue weighted by Crippen LogP contribution is -2.45. The molecule has 3 heterocycles. The van der Waals surface area contributed by atoms with E-state index in [4.69, 9.17) is 28.0 Å². The topological polar surface area (TPSA) is 112 Å². The fraction of sp³-hybridized carbons (Fsp3) is 0.524. The molecule has 33 heavy (non-hydrogen) atoms. The average Bonchev–Trinajstić information content (AvgIpc) is 3.07. The summed E-state index contributed by atoms with van der Waals surface area (Å²) in [6.07, 6.45) is 3.55. The van der Waals surface area contributed by atoms with E-state index in [0.717, 1.165) is 31.4 Å². The number of thioether (sulfide) groups is 1. The Morgan fingerprint density at radius 2 is 1.97 bits per heavy atom. The zero-order valence-electron chi connectivity index (χ0n) is 18.8. The summed E-state index contributed by atoms with van der Waals surface area (Å²) in [7, 11) is 1.38. The largest absolute Gasteiger partial charge is 0.356 e. The predicted molar refractivity (Wildman–Crippen MR) is 130 cm³/mol. The molecular formula is C21H28Cl2N6O3S. The highest BCUT2D eigenvalue weighted by molar-refractivity contribution is 7.99.